The zero-order chi connectivity index (χ0) is 24.6. The third-order valence-electron chi connectivity index (χ3n) is 4.68. The summed E-state index contributed by atoms with van der Waals surface area (Å²) in [5, 5.41) is 4.47. The van der Waals surface area contributed by atoms with Gasteiger partial charge in [-0.2, -0.15) is 31.4 Å². The topological polar surface area (TPSA) is 56.7 Å². The van der Waals surface area contributed by atoms with Crippen LogP contribution in [0, 0.1) is 0 Å². The van der Waals surface area contributed by atoms with E-state index in [1.165, 1.54) is 24.3 Å². The molecule has 2 aromatic heterocycles. The Hall–Kier alpha value is -3.04. The molecule has 2 aromatic rings. The molecule has 180 valence electrons. The number of fused-ring (bicyclic) bond motifs is 1. The van der Waals surface area contributed by atoms with Gasteiger partial charge in [-0.25, -0.2) is 4.98 Å². The summed E-state index contributed by atoms with van der Waals surface area (Å²) in [5.41, 5.74) is 5.68. The van der Waals surface area contributed by atoms with E-state index in [9.17, 15) is 26.3 Å². The summed E-state index contributed by atoms with van der Waals surface area (Å²) >= 11 is 0. The fourth-order valence-corrected chi connectivity index (χ4v) is 3.20. The highest BCUT2D eigenvalue weighted by atomic mass is 19.4. The number of halogens is 6. The predicted molar refractivity (Wildman–Crippen MR) is 116 cm³/mol. The minimum atomic E-state index is -4.41. The van der Waals surface area contributed by atoms with Crippen LogP contribution in [0.1, 0.15) is 50.2 Å². The Labute approximate surface area is 188 Å². The van der Waals surface area contributed by atoms with Gasteiger partial charge in [0.2, 0.25) is 0 Å². The molecule has 10 heteroatoms. The molecule has 0 spiro atoms. The predicted octanol–water partition coefficient (Wildman–Crippen LogP) is 6.76. The molecule has 0 unspecified atom stereocenters. The van der Waals surface area contributed by atoms with Gasteiger partial charge in [0, 0.05) is 17.8 Å². The lowest BCUT2D eigenvalue weighted by Crippen LogP contribution is -2.11. The van der Waals surface area contributed by atoms with Crippen molar-refractivity contribution in [3.05, 3.63) is 71.2 Å². The van der Waals surface area contributed by atoms with E-state index in [0.29, 0.717) is 17.7 Å². The number of hydrogen-bond donors (Lipinski definition) is 1. The lowest BCUT2D eigenvalue weighted by Gasteiger charge is -2.11. The minimum absolute atomic E-state index is 0.125. The number of nitrogen functional groups attached to an aromatic ring is 1. The summed E-state index contributed by atoms with van der Waals surface area (Å²) in [6.07, 6.45) is 0.529. The second-order valence-electron chi connectivity index (χ2n) is 7.31. The van der Waals surface area contributed by atoms with Crippen molar-refractivity contribution in [2.24, 2.45) is 0 Å². The molecular formula is C23H26F6N4. The fraction of sp³-hybridized carbons (Fsp3) is 0.391. The first-order valence-corrected chi connectivity index (χ1v) is 10.4. The summed E-state index contributed by atoms with van der Waals surface area (Å²) in [6.45, 7) is 4.33. The van der Waals surface area contributed by atoms with Crippen molar-refractivity contribution in [3.8, 4) is 0 Å². The maximum Gasteiger partial charge on any atom is 0.433 e. The van der Waals surface area contributed by atoms with Gasteiger partial charge < -0.3 is 5.73 Å². The molecule has 33 heavy (non-hydrogen) atoms. The number of nitrogens with zero attached hydrogens (tertiary/aromatic N) is 3. The molecule has 1 aliphatic heterocycles. The highest BCUT2D eigenvalue weighted by Crippen LogP contribution is 2.31. The van der Waals surface area contributed by atoms with Gasteiger partial charge in [-0.1, -0.05) is 31.2 Å². The molecule has 3 rings (SSSR count). The number of pyridine rings is 1. The van der Waals surface area contributed by atoms with E-state index in [0.717, 1.165) is 37.6 Å². The quantitative estimate of drug-likeness (QED) is 0.395. The standard InChI is InChI=1S/C17H21F3N2.C6H5F3N2/c1-3-7-13(11-14(8-4-2)17(18,19)20)16-12-15-9-5-6-10-22(15)21-16;7-6(8,9)4-2-1-3-5(10)11-4/h3,7-8,11-12H,4-6,9-10H2,1-2H3;1-3H,(H2,10,11)/b7-3-,13-11+,14-8-;. The van der Waals surface area contributed by atoms with Crippen molar-refractivity contribution in [1.29, 1.82) is 0 Å². The SMILES string of the molecule is C\C=C/C(=C\C(=C\CC)C(F)(F)F)c1cc2n(n1)CCCC2.Nc1cccc(C(F)(F)F)n1. The van der Waals surface area contributed by atoms with Crippen LogP contribution in [-0.2, 0) is 19.1 Å². The molecule has 1 aliphatic rings. The molecule has 0 bridgehead atoms. The van der Waals surface area contributed by atoms with Crippen molar-refractivity contribution in [2.45, 2.75) is 58.4 Å². The van der Waals surface area contributed by atoms with Crippen LogP contribution in [0.15, 0.2) is 54.1 Å². The number of hydrogen-bond acceptors (Lipinski definition) is 3. The Kier molecular flexibility index (Phi) is 8.90. The van der Waals surface area contributed by atoms with E-state index in [1.807, 2.05) is 10.7 Å². The first-order valence-electron chi connectivity index (χ1n) is 10.4. The van der Waals surface area contributed by atoms with Crippen molar-refractivity contribution >= 4 is 11.4 Å². The fourth-order valence-electron chi connectivity index (χ4n) is 3.20. The van der Waals surface area contributed by atoms with Gasteiger partial charge >= 0.3 is 12.4 Å². The average molecular weight is 472 g/mol. The Morgan fingerprint density at radius 1 is 1.15 bits per heavy atom. The molecular weight excluding hydrogens is 446 g/mol. The first-order chi connectivity index (χ1) is 15.5. The van der Waals surface area contributed by atoms with Crippen LogP contribution in [0.3, 0.4) is 0 Å². The largest absolute Gasteiger partial charge is 0.433 e. The monoisotopic (exact) mass is 472 g/mol. The number of aromatic nitrogens is 3. The highest BCUT2D eigenvalue weighted by Gasteiger charge is 2.33. The summed E-state index contributed by atoms with van der Waals surface area (Å²) < 4.78 is 76.7. The maximum absolute atomic E-state index is 13.1. The van der Waals surface area contributed by atoms with E-state index in [4.69, 9.17) is 5.73 Å². The van der Waals surface area contributed by atoms with E-state index >= 15 is 0 Å². The van der Waals surface area contributed by atoms with Gasteiger partial charge in [-0.15, -0.1) is 0 Å². The summed E-state index contributed by atoms with van der Waals surface area (Å²) in [6, 6.07) is 5.29. The highest BCUT2D eigenvalue weighted by molar-refractivity contribution is 5.74. The van der Waals surface area contributed by atoms with Gasteiger partial charge in [0.05, 0.1) is 11.3 Å². The zero-order valence-electron chi connectivity index (χ0n) is 18.3. The van der Waals surface area contributed by atoms with Crippen LogP contribution in [0.5, 0.6) is 0 Å². The van der Waals surface area contributed by atoms with Gasteiger partial charge in [-0.05, 0) is 56.9 Å². The lowest BCUT2D eigenvalue weighted by molar-refractivity contribution is -0.141. The Morgan fingerprint density at radius 2 is 1.88 bits per heavy atom. The first kappa shape index (κ1) is 26.2. The van der Waals surface area contributed by atoms with Gasteiger partial charge in [0.15, 0.2) is 0 Å². The number of nitrogens with two attached hydrogens (primary N) is 1. The molecule has 0 aromatic carbocycles. The molecule has 2 N–H and O–H groups in total. The molecule has 3 heterocycles. The average Bonchev–Trinajstić information content (AvgIpc) is 3.16. The Bertz CT molecular complexity index is 989. The number of alkyl halides is 6. The van der Waals surface area contributed by atoms with Crippen molar-refractivity contribution in [2.75, 3.05) is 5.73 Å². The van der Waals surface area contributed by atoms with Gasteiger partial charge in [-0.3, -0.25) is 4.68 Å². The van der Waals surface area contributed by atoms with E-state index in [1.54, 1.807) is 26.0 Å². The van der Waals surface area contributed by atoms with Crippen LogP contribution in [0.25, 0.3) is 5.57 Å². The third-order valence-corrected chi connectivity index (χ3v) is 4.68. The molecule has 0 atom stereocenters. The third kappa shape index (κ3) is 7.80. The van der Waals surface area contributed by atoms with Gasteiger partial charge in [0.25, 0.3) is 0 Å². The second kappa shape index (κ2) is 11.2. The molecule has 0 fully saturated rings. The molecule has 4 nitrogen and oxygen atoms in total. The van der Waals surface area contributed by atoms with Crippen LogP contribution in [0.2, 0.25) is 0 Å². The Morgan fingerprint density at radius 3 is 2.39 bits per heavy atom. The van der Waals surface area contributed by atoms with E-state index in [-0.39, 0.29) is 5.82 Å². The van der Waals surface area contributed by atoms with Crippen LogP contribution in [0.4, 0.5) is 32.2 Å². The van der Waals surface area contributed by atoms with Crippen molar-refractivity contribution in [1.82, 2.24) is 14.8 Å². The van der Waals surface area contributed by atoms with E-state index in [2.05, 4.69) is 10.1 Å². The van der Waals surface area contributed by atoms with Crippen LogP contribution < -0.4 is 5.73 Å². The zero-order valence-corrected chi connectivity index (χ0v) is 18.3. The molecule has 0 saturated heterocycles. The van der Waals surface area contributed by atoms with Gasteiger partial charge in [0.1, 0.15) is 11.5 Å². The molecule has 0 radical (unpaired) electrons. The number of aryl methyl sites for hydroxylation is 2. The van der Waals surface area contributed by atoms with Crippen molar-refractivity contribution < 1.29 is 26.3 Å². The lowest BCUT2D eigenvalue weighted by atomic mass is 10.0. The maximum atomic E-state index is 13.1. The summed E-state index contributed by atoms with van der Waals surface area (Å²) in [4.78, 5) is 3.10. The van der Waals surface area contributed by atoms with Crippen LogP contribution in [-0.4, -0.2) is 20.9 Å². The molecule has 0 aliphatic carbocycles. The van der Waals surface area contributed by atoms with Crippen molar-refractivity contribution in [3.63, 3.8) is 0 Å². The second-order valence-corrected chi connectivity index (χ2v) is 7.31. The normalized spacial score (nSPS) is 15.3. The summed E-state index contributed by atoms with van der Waals surface area (Å²) in [5.74, 6) is -0.125. The number of rotatable bonds is 4. The van der Waals surface area contributed by atoms with Crippen LogP contribution >= 0.6 is 0 Å². The number of allylic oxidation sites excluding steroid dienone is 6. The minimum Gasteiger partial charge on any atom is -0.384 e. The smallest absolute Gasteiger partial charge is 0.384 e. The van der Waals surface area contributed by atoms with E-state index < -0.39 is 23.6 Å². The number of anilines is 1. The molecule has 0 amide bonds. The Balaban J connectivity index is 0.000000294. The molecule has 0 saturated carbocycles. The summed E-state index contributed by atoms with van der Waals surface area (Å²) in [7, 11) is 0.